The molecular weight excluding hydrogens is 396 g/mol. The van der Waals surface area contributed by atoms with E-state index in [0.717, 1.165) is 28.7 Å². The Bertz CT molecular complexity index is 1020. The van der Waals surface area contributed by atoms with Crippen molar-refractivity contribution in [3.05, 3.63) is 94.3 Å². The number of carbonyl (C=O) groups is 1. The van der Waals surface area contributed by atoms with Crippen molar-refractivity contribution in [2.24, 2.45) is 0 Å². The maximum absolute atomic E-state index is 12.5. The molecule has 0 aliphatic carbocycles. The molecule has 0 aliphatic heterocycles. The number of aromatic nitrogens is 1. The lowest BCUT2D eigenvalue weighted by Crippen LogP contribution is -2.30. The predicted octanol–water partition coefficient (Wildman–Crippen LogP) is 4.96. The molecule has 2 rings (SSSR count). The molecule has 2 aromatic rings. The van der Waals surface area contributed by atoms with Gasteiger partial charge >= 0.3 is 0 Å². The first-order valence-corrected chi connectivity index (χ1v) is 9.98. The number of hydrogen-bond donors (Lipinski definition) is 3. The molecule has 6 heteroatoms. The molecule has 30 heavy (non-hydrogen) atoms. The van der Waals surface area contributed by atoms with E-state index in [1.54, 1.807) is 24.4 Å². The molecule has 0 saturated heterocycles. The van der Waals surface area contributed by atoms with Crippen molar-refractivity contribution in [1.82, 2.24) is 10.3 Å². The van der Waals surface area contributed by atoms with Crippen LogP contribution in [0.4, 0.5) is 5.69 Å². The molecular formula is C24H27ClN4O. The maximum Gasteiger partial charge on any atom is 0.253 e. The Morgan fingerprint density at radius 2 is 2.03 bits per heavy atom. The SMILES string of the molecule is C=C(/C=C(/Cl)C(=C)CC)Cc1cncc(C(=O)NCC(=N)c2cc(C)ccc2N)c1. The van der Waals surface area contributed by atoms with Crippen LogP contribution in [-0.4, -0.2) is 23.1 Å². The number of nitrogen functional groups attached to an aromatic ring is 1. The molecule has 0 bridgehead atoms. The number of benzene rings is 1. The maximum atomic E-state index is 12.5. The van der Waals surface area contributed by atoms with Gasteiger partial charge in [0.05, 0.1) is 17.8 Å². The quantitative estimate of drug-likeness (QED) is 0.303. The lowest BCUT2D eigenvalue weighted by molar-refractivity contribution is 0.0959. The summed E-state index contributed by atoms with van der Waals surface area (Å²) in [5, 5.41) is 11.6. The number of allylic oxidation sites excluding steroid dienone is 4. The van der Waals surface area contributed by atoms with Crippen molar-refractivity contribution >= 4 is 28.9 Å². The van der Waals surface area contributed by atoms with Crippen molar-refractivity contribution in [1.29, 1.82) is 5.41 Å². The van der Waals surface area contributed by atoms with Crippen molar-refractivity contribution in [3.8, 4) is 0 Å². The number of anilines is 1. The molecule has 1 aromatic carbocycles. The number of nitrogens with one attached hydrogen (secondary N) is 2. The molecule has 0 unspecified atom stereocenters. The van der Waals surface area contributed by atoms with E-state index in [0.29, 0.717) is 28.3 Å². The van der Waals surface area contributed by atoms with Crippen LogP contribution in [0, 0.1) is 12.3 Å². The Kier molecular flexibility index (Phi) is 8.13. The Balaban J connectivity index is 2.02. The zero-order valence-electron chi connectivity index (χ0n) is 17.4. The molecule has 0 atom stereocenters. The summed E-state index contributed by atoms with van der Waals surface area (Å²) in [5.41, 5.74) is 11.2. The standard InChI is InChI=1S/C24H27ClN4O/c1-5-17(4)21(25)10-16(3)8-18-11-19(13-28-12-18)24(30)29-14-23(27)20-9-15(2)6-7-22(20)26/h6-7,9-13,27H,3-5,8,14,26H2,1-2H3,(H,29,30)/b21-10+,27-23?. The second-order valence-corrected chi connectivity index (χ2v) is 7.53. The van der Waals surface area contributed by atoms with Gasteiger partial charge < -0.3 is 16.5 Å². The summed E-state index contributed by atoms with van der Waals surface area (Å²) in [7, 11) is 0. The summed E-state index contributed by atoms with van der Waals surface area (Å²) in [6, 6.07) is 7.24. The molecule has 1 heterocycles. The summed E-state index contributed by atoms with van der Waals surface area (Å²) in [6.07, 6.45) is 6.25. The fourth-order valence-corrected chi connectivity index (χ4v) is 3.06. The molecule has 4 N–H and O–H groups in total. The van der Waals surface area contributed by atoms with Gasteiger partial charge in [-0.3, -0.25) is 9.78 Å². The highest BCUT2D eigenvalue weighted by atomic mass is 35.5. The van der Waals surface area contributed by atoms with Crippen LogP contribution in [0.15, 0.2) is 72.1 Å². The third-order valence-electron chi connectivity index (χ3n) is 4.54. The Morgan fingerprint density at radius 1 is 1.30 bits per heavy atom. The van der Waals surface area contributed by atoms with Gasteiger partial charge in [-0.25, -0.2) is 0 Å². The second-order valence-electron chi connectivity index (χ2n) is 7.12. The Labute approximate surface area is 182 Å². The summed E-state index contributed by atoms with van der Waals surface area (Å²) in [5.74, 6) is -0.307. The molecule has 0 fully saturated rings. The molecule has 5 nitrogen and oxygen atoms in total. The van der Waals surface area contributed by atoms with E-state index in [4.69, 9.17) is 22.7 Å². The van der Waals surface area contributed by atoms with Crippen molar-refractivity contribution in [2.45, 2.75) is 26.7 Å². The van der Waals surface area contributed by atoms with Gasteiger partial charge in [-0.05, 0) is 60.8 Å². The summed E-state index contributed by atoms with van der Waals surface area (Å²) in [6.45, 7) is 11.9. The van der Waals surface area contributed by atoms with Gasteiger partial charge in [0.15, 0.2) is 0 Å². The minimum atomic E-state index is -0.307. The fourth-order valence-electron chi connectivity index (χ4n) is 2.77. The van der Waals surface area contributed by atoms with Crippen LogP contribution >= 0.6 is 11.6 Å². The van der Waals surface area contributed by atoms with Crippen LogP contribution in [0.1, 0.15) is 40.4 Å². The number of rotatable bonds is 9. The van der Waals surface area contributed by atoms with E-state index in [1.165, 1.54) is 6.20 Å². The molecule has 0 aliphatic rings. The first kappa shape index (κ1) is 23.1. The number of aryl methyl sites for hydroxylation is 1. The third-order valence-corrected chi connectivity index (χ3v) is 4.92. The summed E-state index contributed by atoms with van der Waals surface area (Å²) < 4.78 is 0. The molecule has 0 spiro atoms. The highest BCUT2D eigenvalue weighted by molar-refractivity contribution is 6.32. The highest BCUT2D eigenvalue weighted by Gasteiger charge is 2.11. The van der Waals surface area contributed by atoms with Crippen LogP contribution in [-0.2, 0) is 6.42 Å². The molecule has 0 radical (unpaired) electrons. The molecule has 156 valence electrons. The van der Waals surface area contributed by atoms with E-state index >= 15 is 0 Å². The van der Waals surface area contributed by atoms with E-state index in [1.807, 2.05) is 26.0 Å². The number of amides is 1. The number of pyridine rings is 1. The zero-order valence-corrected chi connectivity index (χ0v) is 18.1. The molecule has 1 amide bonds. The van der Waals surface area contributed by atoms with Gasteiger partial charge in [0.2, 0.25) is 0 Å². The summed E-state index contributed by atoms with van der Waals surface area (Å²) in [4.78, 5) is 16.7. The number of nitrogens with two attached hydrogens (primary N) is 1. The largest absolute Gasteiger partial charge is 0.398 e. The van der Waals surface area contributed by atoms with Crippen LogP contribution in [0.2, 0.25) is 0 Å². The van der Waals surface area contributed by atoms with Crippen LogP contribution in [0.5, 0.6) is 0 Å². The average Bonchev–Trinajstić information content (AvgIpc) is 2.72. The van der Waals surface area contributed by atoms with Gasteiger partial charge in [0.25, 0.3) is 5.91 Å². The van der Waals surface area contributed by atoms with Gasteiger partial charge in [-0.1, -0.05) is 43.3 Å². The summed E-state index contributed by atoms with van der Waals surface area (Å²) >= 11 is 6.21. The fraction of sp³-hybridized carbons (Fsp3) is 0.208. The van der Waals surface area contributed by atoms with E-state index in [-0.39, 0.29) is 18.2 Å². The van der Waals surface area contributed by atoms with E-state index in [2.05, 4.69) is 23.5 Å². The molecule has 0 saturated carbocycles. The topological polar surface area (TPSA) is 91.9 Å². The van der Waals surface area contributed by atoms with E-state index in [9.17, 15) is 4.79 Å². The van der Waals surface area contributed by atoms with Crippen LogP contribution in [0.25, 0.3) is 0 Å². The molecule has 1 aromatic heterocycles. The average molecular weight is 423 g/mol. The number of carbonyl (C=O) groups excluding carboxylic acids is 1. The smallest absolute Gasteiger partial charge is 0.253 e. The van der Waals surface area contributed by atoms with Crippen molar-refractivity contribution in [3.63, 3.8) is 0 Å². The number of hydrogen-bond acceptors (Lipinski definition) is 4. The normalized spacial score (nSPS) is 11.1. The monoisotopic (exact) mass is 422 g/mol. The van der Waals surface area contributed by atoms with Gasteiger partial charge in [0, 0.05) is 28.7 Å². The Hall–Kier alpha value is -3.18. The van der Waals surface area contributed by atoms with Crippen LogP contribution < -0.4 is 11.1 Å². The van der Waals surface area contributed by atoms with E-state index < -0.39 is 0 Å². The van der Waals surface area contributed by atoms with Crippen LogP contribution in [0.3, 0.4) is 0 Å². The lowest BCUT2D eigenvalue weighted by Gasteiger charge is -2.11. The highest BCUT2D eigenvalue weighted by Crippen LogP contribution is 2.19. The second kappa shape index (κ2) is 10.6. The Morgan fingerprint density at radius 3 is 2.73 bits per heavy atom. The van der Waals surface area contributed by atoms with Crippen molar-refractivity contribution in [2.75, 3.05) is 12.3 Å². The number of nitrogens with zero attached hydrogens (tertiary/aromatic N) is 1. The predicted molar refractivity (Wildman–Crippen MR) is 125 cm³/mol. The minimum absolute atomic E-state index is 0.0703. The minimum Gasteiger partial charge on any atom is -0.398 e. The van der Waals surface area contributed by atoms with Gasteiger partial charge in [-0.15, -0.1) is 0 Å². The number of halogens is 1. The first-order chi connectivity index (χ1) is 14.2. The third kappa shape index (κ3) is 6.42. The first-order valence-electron chi connectivity index (χ1n) is 9.60. The van der Waals surface area contributed by atoms with Gasteiger partial charge in [-0.2, -0.15) is 0 Å². The zero-order chi connectivity index (χ0) is 22.3. The van der Waals surface area contributed by atoms with Gasteiger partial charge in [0.1, 0.15) is 0 Å². The van der Waals surface area contributed by atoms with Crippen molar-refractivity contribution < 1.29 is 4.79 Å². The lowest BCUT2D eigenvalue weighted by atomic mass is 10.0.